The maximum atomic E-state index is 11.5. The van der Waals surface area contributed by atoms with E-state index in [1.807, 2.05) is 0 Å². The zero-order valence-electron chi connectivity index (χ0n) is 12.3. The Bertz CT molecular complexity index is 315. The number of carboxylic acids is 1. The predicted octanol–water partition coefficient (Wildman–Crippen LogP) is 2.24. The lowest BCUT2D eigenvalue weighted by Gasteiger charge is -2.38. The van der Waals surface area contributed by atoms with Crippen LogP contribution in [0.25, 0.3) is 0 Å². The molecule has 0 saturated heterocycles. The van der Waals surface area contributed by atoms with E-state index in [0.29, 0.717) is 12.1 Å². The molecular formula is C15H28N2O2. The summed E-state index contributed by atoms with van der Waals surface area (Å²) in [7, 11) is 1.79. The molecule has 0 amide bonds. The molecule has 0 aromatic heterocycles. The lowest BCUT2D eigenvalue weighted by Crippen LogP contribution is -2.50. The van der Waals surface area contributed by atoms with Crippen molar-refractivity contribution in [2.24, 2.45) is 0 Å². The number of nitrogens with zero attached hydrogens (tertiary/aromatic N) is 1. The van der Waals surface area contributed by atoms with Gasteiger partial charge in [-0.2, -0.15) is 0 Å². The van der Waals surface area contributed by atoms with Gasteiger partial charge in [0.05, 0.1) is 0 Å². The molecule has 2 unspecified atom stereocenters. The molecule has 110 valence electrons. The Labute approximate surface area is 116 Å². The number of likely N-dealkylation sites (N-methyl/N-ethyl adjacent to an activating group) is 1. The molecule has 0 radical (unpaired) electrons. The van der Waals surface area contributed by atoms with E-state index in [1.165, 1.54) is 32.1 Å². The first-order valence-electron chi connectivity index (χ1n) is 7.81. The maximum absolute atomic E-state index is 11.5. The number of rotatable bonds is 5. The van der Waals surface area contributed by atoms with Gasteiger partial charge in [0.1, 0.15) is 5.54 Å². The monoisotopic (exact) mass is 268 g/mol. The highest BCUT2D eigenvalue weighted by molar-refractivity contribution is 5.79. The first kappa shape index (κ1) is 14.8. The van der Waals surface area contributed by atoms with Crippen LogP contribution in [-0.4, -0.2) is 47.2 Å². The molecule has 4 nitrogen and oxygen atoms in total. The molecule has 2 aliphatic rings. The second-order valence-corrected chi connectivity index (χ2v) is 6.16. The van der Waals surface area contributed by atoms with Crippen LogP contribution in [0.4, 0.5) is 0 Å². The molecule has 2 atom stereocenters. The number of nitrogens with one attached hydrogen (secondary N) is 1. The van der Waals surface area contributed by atoms with Gasteiger partial charge < -0.3 is 10.4 Å². The van der Waals surface area contributed by atoms with Crippen molar-refractivity contribution in [1.29, 1.82) is 0 Å². The summed E-state index contributed by atoms with van der Waals surface area (Å²) < 4.78 is 0. The van der Waals surface area contributed by atoms with Gasteiger partial charge in [0.15, 0.2) is 0 Å². The Morgan fingerprint density at radius 2 is 1.95 bits per heavy atom. The fraction of sp³-hybridized carbons (Fsp3) is 0.933. The van der Waals surface area contributed by atoms with E-state index < -0.39 is 11.5 Å². The highest BCUT2D eigenvalue weighted by Crippen LogP contribution is 2.36. The summed E-state index contributed by atoms with van der Waals surface area (Å²) in [6.45, 7) is 3.27. The second-order valence-electron chi connectivity index (χ2n) is 6.16. The molecular weight excluding hydrogens is 240 g/mol. The lowest BCUT2D eigenvalue weighted by atomic mass is 9.92. The third-order valence-corrected chi connectivity index (χ3v) is 5.25. The van der Waals surface area contributed by atoms with Crippen LogP contribution in [-0.2, 0) is 4.79 Å². The van der Waals surface area contributed by atoms with E-state index in [1.54, 1.807) is 7.05 Å². The Morgan fingerprint density at radius 3 is 2.42 bits per heavy atom. The third kappa shape index (κ3) is 2.95. The number of aliphatic carboxylic acids is 1. The molecule has 19 heavy (non-hydrogen) atoms. The molecule has 2 aliphatic carbocycles. The molecule has 2 fully saturated rings. The smallest absolute Gasteiger partial charge is 0.323 e. The quantitative estimate of drug-likeness (QED) is 0.803. The first-order valence-corrected chi connectivity index (χ1v) is 7.81. The normalized spacial score (nSPS) is 32.9. The van der Waals surface area contributed by atoms with Crippen molar-refractivity contribution in [3.63, 3.8) is 0 Å². The number of carbonyl (C=O) groups is 1. The summed E-state index contributed by atoms with van der Waals surface area (Å²) in [5.41, 5.74) is -0.688. The van der Waals surface area contributed by atoms with Crippen molar-refractivity contribution in [3.8, 4) is 0 Å². The van der Waals surface area contributed by atoms with Crippen molar-refractivity contribution in [3.05, 3.63) is 0 Å². The minimum Gasteiger partial charge on any atom is -0.480 e. The Kier molecular flexibility index (Phi) is 4.85. The lowest BCUT2D eigenvalue weighted by molar-refractivity contribution is -0.144. The Morgan fingerprint density at radius 1 is 1.26 bits per heavy atom. The van der Waals surface area contributed by atoms with Gasteiger partial charge in [-0.3, -0.25) is 9.69 Å². The average molecular weight is 268 g/mol. The second kappa shape index (κ2) is 6.23. The van der Waals surface area contributed by atoms with Crippen LogP contribution in [0.15, 0.2) is 0 Å². The topological polar surface area (TPSA) is 52.6 Å². The van der Waals surface area contributed by atoms with E-state index in [-0.39, 0.29) is 0 Å². The Hall–Kier alpha value is -0.610. The fourth-order valence-corrected chi connectivity index (χ4v) is 4.06. The summed E-state index contributed by atoms with van der Waals surface area (Å²) in [5, 5.41) is 12.5. The average Bonchev–Trinajstić information content (AvgIpc) is 2.87. The zero-order valence-corrected chi connectivity index (χ0v) is 12.3. The van der Waals surface area contributed by atoms with Gasteiger partial charge in [-0.05, 0) is 45.7 Å². The van der Waals surface area contributed by atoms with Crippen molar-refractivity contribution >= 4 is 5.97 Å². The summed E-state index contributed by atoms with van der Waals surface area (Å²) in [5.74, 6) is -0.683. The fourth-order valence-electron chi connectivity index (χ4n) is 4.06. The molecule has 0 heterocycles. The van der Waals surface area contributed by atoms with Crippen molar-refractivity contribution < 1.29 is 9.90 Å². The summed E-state index contributed by atoms with van der Waals surface area (Å²) in [4.78, 5) is 14.1. The van der Waals surface area contributed by atoms with Crippen LogP contribution >= 0.6 is 0 Å². The molecule has 2 rings (SSSR count). The minimum atomic E-state index is -0.688. The molecule has 0 aromatic rings. The summed E-state index contributed by atoms with van der Waals surface area (Å²) in [6.07, 6.45) is 9.16. The maximum Gasteiger partial charge on any atom is 0.323 e. The molecule has 4 heteroatoms. The van der Waals surface area contributed by atoms with E-state index in [9.17, 15) is 9.90 Å². The van der Waals surface area contributed by atoms with Crippen LogP contribution in [0.1, 0.15) is 58.3 Å². The highest BCUT2D eigenvalue weighted by atomic mass is 16.4. The largest absolute Gasteiger partial charge is 0.480 e. The van der Waals surface area contributed by atoms with Crippen LogP contribution in [0.3, 0.4) is 0 Å². The van der Waals surface area contributed by atoms with E-state index in [0.717, 1.165) is 25.8 Å². The van der Waals surface area contributed by atoms with E-state index >= 15 is 0 Å². The van der Waals surface area contributed by atoms with Gasteiger partial charge in [0.2, 0.25) is 0 Å². The van der Waals surface area contributed by atoms with Gasteiger partial charge in [0, 0.05) is 12.1 Å². The summed E-state index contributed by atoms with van der Waals surface area (Å²) in [6, 6.07) is 1.13. The SMILES string of the molecule is CCN(C1CCCCC1)C1CCC(NC)(C(=O)O)C1. The third-order valence-electron chi connectivity index (χ3n) is 5.25. The Balaban J connectivity index is 2.02. The molecule has 0 bridgehead atoms. The van der Waals surface area contributed by atoms with Crippen LogP contribution in [0.2, 0.25) is 0 Å². The first-order chi connectivity index (χ1) is 9.13. The van der Waals surface area contributed by atoms with Gasteiger partial charge in [-0.15, -0.1) is 0 Å². The van der Waals surface area contributed by atoms with Crippen LogP contribution in [0.5, 0.6) is 0 Å². The number of hydrogen-bond donors (Lipinski definition) is 2. The van der Waals surface area contributed by atoms with Gasteiger partial charge >= 0.3 is 5.97 Å². The van der Waals surface area contributed by atoms with E-state index in [4.69, 9.17) is 0 Å². The summed E-state index contributed by atoms with van der Waals surface area (Å²) >= 11 is 0. The van der Waals surface area contributed by atoms with Crippen molar-refractivity contribution in [2.45, 2.75) is 75.9 Å². The van der Waals surface area contributed by atoms with E-state index in [2.05, 4.69) is 17.1 Å². The predicted molar refractivity (Wildman–Crippen MR) is 76.3 cm³/mol. The highest BCUT2D eigenvalue weighted by Gasteiger charge is 2.46. The molecule has 0 spiro atoms. The zero-order chi connectivity index (χ0) is 13.9. The molecule has 2 saturated carbocycles. The van der Waals surface area contributed by atoms with Crippen LogP contribution < -0.4 is 5.32 Å². The molecule has 0 aromatic carbocycles. The van der Waals surface area contributed by atoms with Crippen molar-refractivity contribution in [1.82, 2.24) is 10.2 Å². The number of hydrogen-bond acceptors (Lipinski definition) is 3. The molecule has 0 aliphatic heterocycles. The van der Waals surface area contributed by atoms with Gasteiger partial charge in [-0.25, -0.2) is 0 Å². The number of carboxylic acid groups (broad SMARTS) is 1. The van der Waals surface area contributed by atoms with Crippen molar-refractivity contribution in [2.75, 3.05) is 13.6 Å². The van der Waals surface area contributed by atoms with Gasteiger partial charge in [-0.1, -0.05) is 26.2 Å². The van der Waals surface area contributed by atoms with Gasteiger partial charge in [0.25, 0.3) is 0 Å². The standard InChI is InChI=1S/C15H28N2O2/c1-3-17(12-7-5-4-6-8-12)13-9-10-15(11-13,16-2)14(18)19/h12-13,16H,3-11H2,1-2H3,(H,18,19). The minimum absolute atomic E-state index is 0.441. The molecule has 2 N–H and O–H groups in total. The van der Waals surface area contributed by atoms with Crippen LogP contribution in [0, 0.1) is 0 Å².